The molecule has 0 aromatic heterocycles. The minimum absolute atomic E-state index is 0. The van der Waals surface area contributed by atoms with E-state index in [1.807, 2.05) is 0 Å². The molecule has 5 nitrogen and oxygen atoms in total. The first kappa shape index (κ1) is 17.6. The second kappa shape index (κ2) is 10.7. The topological polar surface area (TPSA) is 90.5 Å². The molecule has 93 valence electrons. The third-order valence-corrected chi connectivity index (χ3v) is 1.44. The number of isocyanates is 1. The van der Waals surface area contributed by atoms with Crippen LogP contribution in [0.4, 0.5) is 4.39 Å². The summed E-state index contributed by atoms with van der Waals surface area (Å²) in [5.74, 6) is -0.948. The number of benzene rings is 1. The van der Waals surface area contributed by atoms with Gasteiger partial charge in [0.05, 0.1) is 6.42 Å². The molecule has 1 aromatic rings. The first-order valence-electron chi connectivity index (χ1n) is 4.02. The van der Waals surface area contributed by atoms with Gasteiger partial charge in [-0.25, -0.2) is 9.18 Å². The van der Waals surface area contributed by atoms with E-state index in [4.69, 9.17) is 10.4 Å². The molecule has 0 heterocycles. The van der Waals surface area contributed by atoms with Crippen molar-refractivity contribution in [2.24, 2.45) is 4.99 Å². The van der Waals surface area contributed by atoms with Gasteiger partial charge >= 0.3 is 0 Å². The van der Waals surface area contributed by atoms with Crippen LogP contribution in [0.2, 0.25) is 0 Å². The minimum atomic E-state index is -0.582. The van der Waals surface area contributed by atoms with Crippen LogP contribution in [0.1, 0.15) is 5.56 Å². The Morgan fingerprint density at radius 3 is 2.29 bits per heavy atom. The van der Waals surface area contributed by atoms with Crippen molar-refractivity contribution in [1.82, 2.24) is 0 Å². The number of aliphatic hydroxyl groups excluding tert-OH is 1. The van der Waals surface area contributed by atoms with Crippen molar-refractivity contribution in [3.8, 4) is 6.26 Å². The fraction of sp³-hybridized carbons (Fsp3) is 0.100. The van der Waals surface area contributed by atoms with Gasteiger partial charge in [-0.2, -0.15) is 5.26 Å². The molecule has 1 N–H and O–H groups in total. The fourth-order valence-electron chi connectivity index (χ4n) is 0.867. The fourth-order valence-corrected chi connectivity index (χ4v) is 0.867. The van der Waals surface area contributed by atoms with Gasteiger partial charge in [0.2, 0.25) is 6.08 Å². The quantitative estimate of drug-likeness (QED) is 0.380. The number of hydrogen-bond donors (Lipinski definition) is 1. The van der Waals surface area contributed by atoms with E-state index in [-0.39, 0.29) is 34.6 Å². The molecule has 0 spiro atoms. The maximum Gasteiger partial charge on any atom is 0.283 e. The molecular weight excluding hydrogens is 323 g/mol. The zero-order valence-corrected chi connectivity index (χ0v) is 9.84. The number of nitrogens with zero attached hydrogens (tertiary/aromatic N) is 2. The van der Waals surface area contributed by atoms with Crippen molar-refractivity contribution < 1.29 is 41.5 Å². The summed E-state index contributed by atoms with van der Waals surface area (Å²) in [6, 6.07) is 5.42. The summed E-state index contributed by atoms with van der Waals surface area (Å²) in [5, 5.41) is 13.8. The molecule has 0 unspecified atom stereocenters. The van der Waals surface area contributed by atoms with Crippen LogP contribution in [-0.2, 0) is 38.4 Å². The van der Waals surface area contributed by atoms with E-state index in [9.17, 15) is 14.0 Å². The number of amides is 1. The van der Waals surface area contributed by atoms with Gasteiger partial charge in [-0.05, 0) is 17.7 Å². The second-order valence-electron chi connectivity index (χ2n) is 2.50. The minimum Gasteiger partial charge on any atom is -0.443 e. The van der Waals surface area contributed by atoms with Gasteiger partial charge < -0.3 is 5.11 Å². The molecule has 7 heteroatoms. The summed E-state index contributed by atoms with van der Waals surface area (Å²) in [5.41, 5.74) is 0.616. The number of aliphatic hydroxyl groups is 1. The Morgan fingerprint density at radius 1 is 1.41 bits per heavy atom. The SMILES string of the molecule is N#CO.O=C=NC(=O)Cc1ccc(F)cc1.[Ag]. The number of carbonyl (C=O) groups excluding carboxylic acids is 2. The predicted octanol–water partition coefficient (Wildman–Crippen LogP) is 1.07. The van der Waals surface area contributed by atoms with Crippen molar-refractivity contribution >= 4 is 12.0 Å². The maximum absolute atomic E-state index is 12.4. The molecule has 0 aliphatic heterocycles. The van der Waals surface area contributed by atoms with Crippen LogP contribution in [0, 0.1) is 17.3 Å². The molecular formula is C10H7AgFN2O3. The Kier molecular flexibility index (Phi) is 11.1. The first-order chi connectivity index (χ1) is 7.63. The van der Waals surface area contributed by atoms with Gasteiger partial charge in [-0.15, -0.1) is 4.99 Å². The van der Waals surface area contributed by atoms with E-state index < -0.39 is 5.91 Å². The van der Waals surface area contributed by atoms with Gasteiger partial charge in [-0.3, -0.25) is 4.79 Å². The Balaban J connectivity index is 0. The normalized spacial score (nSPS) is 7.29. The Labute approximate surface area is 112 Å². The molecule has 1 radical (unpaired) electrons. The van der Waals surface area contributed by atoms with Crippen molar-refractivity contribution in [3.05, 3.63) is 35.6 Å². The molecule has 0 bridgehead atoms. The van der Waals surface area contributed by atoms with Crippen LogP contribution in [-0.4, -0.2) is 17.1 Å². The van der Waals surface area contributed by atoms with Crippen molar-refractivity contribution in [2.45, 2.75) is 6.42 Å². The summed E-state index contributed by atoms with van der Waals surface area (Å²) in [4.78, 5) is 23.4. The Hall–Kier alpha value is -1.77. The predicted molar refractivity (Wildman–Crippen MR) is 50.8 cm³/mol. The van der Waals surface area contributed by atoms with Crippen molar-refractivity contribution in [1.29, 1.82) is 5.26 Å². The summed E-state index contributed by atoms with van der Waals surface area (Å²) in [6.07, 6.45) is 1.90. The summed E-state index contributed by atoms with van der Waals surface area (Å²) < 4.78 is 12.4. The average molecular weight is 330 g/mol. The summed E-state index contributed by atoms with van der Waals surface area (Å²) >= 11 is 0. The number of nitriles is 1. The number of hydrogen-bond acceptors (Lipinski definition) is 4. The molecule has 0 saturated heterocycles. The number of rotatable bonds is 2. The van der Waals surface area contributed by atoms with Gasteiger partial charge in [0, 0.05) is 22.4 Å². The number of halogens is 1. The van der Waals surface area contributed by atoms with Crippen molar-refractivity contribution in [2.75, 3.05) is 0 Å². The molecule has 1 amide bonds. The Morgan fingerprint density at radius 2 is 1.88 bits per heavy atom. The van der Waals surface area contributed by atoms with Gasteiger partial charge in [0.1, 0.15) is 5.82 Å². The molecule has 0 saturated carbocycles. The standard InChI is InChI=1S/C9H6FNO2.CHNO.Ag/c10-8-3-1-7(2-4-8)5-9(13)11-6-12;2-1-3;/h1-4H,5H2;3H;. The van der Waals surface area contributed by atoms with E-state index in [1.165, 1.54) is 24.3 Å². The zero-order valence-electron chi connectivity index (χ0n) is 8.35. The van der Waals surface area contributed by atoms with Crippen LogP contribution >= 0.6 is 0 Å². The number of carbonyl (C=O) groups is 1. The number of aliphatic imine (C=N–C) groups is 1. The molecule has 1 aromatic carbocycles. The van der Waals surface area contributed by atoms with E-state index in [0.717, 1.165) is 12.3 Å². The largest absolute Gasteiger partial charge is 0.443 e. The van der Waals surface area contributed by atoms with E-state index >= 15 is 0 Å². The molecule has 17 heavy (non-hydrogen) atoms. The van der Waals surface area contributed by atoms with Crippen molar-refractivity contribution in [3.63, 3.8) is 0 Å². The van der Waals surface area contributed by atoms with E-state index in [0.29, 0.717) is 5.56 Å². The third-order valence-electron chi connectivity index (χ3n) is 1.44. The van der Waals surface area contributed by atoms with Crippen LogP contribution in [0.15, 0.2) is 29.3 Å². The summed E-state index contributed by atoms with van der Waals surface area (Å²) in [7, 11) is 0. The maximum atomic E-state index is 12.4. The average Bonchev–Trinajstić information content (AvgIpc) is 2.23. The third kappa shape index (κ3) is 9.18. The first-order valence-corrected chi connectivity index (χ1v) is 4.02. The zero-order chi connectivity index (χ0) is 12.4. The molecule has 0 aliphatic rings. The monoisotopic (exact) mass is 329 g/mol. The smallest absolute Gasteiger partial charge is 0.283 e. The van der Waals surface area contributed by atoms with Crippen LogP contribution < -0.4 is 0 Å². The van der Waals surface area contributed by atoms with E-state index in [2.05, 4.69) is 4.99 Å². The van der Waals surface area contributed by atoms with Gasteiger partial charge in [-0.1, -0.05) is 12.1 Å². The molecule has 0 atom stereocenters. The molecule has 1 rings (SSSR count). The Bertz CT molecular complexity index is 436. The van der Waals surface area contributed by atoms with Crippen LogP contribution in [0.3, 0.4) is 0 Å². The van der Waals surface area contributed by atoms with Crippen LogP contribution in [0.5, 0.6) is 0 Å². The van der Waals surface area contributed by atoms with E-state index in [1.54, 1.807) is 0 Å². The van der Waals surface area contributed by atoms with Crippen LogP contribution in [0.25, 0.3) is 0 Å². The summed E-state index contributed by atoms with van der Waals surface area (Å²) in [6.45, 7) is 0. The van der Waals surface area contributed by atoms with Gasteiger partial charge in [0.15, 0.2) is 0 Å². The molecule has 0 aliphatic carbocycles. The second-order valence-corrected chi connectivity index (χ2v) is 2.50. The van der Waals surface area contributed by atoms with Gasteiger partial charge in [0.25, 0.3) is 12.2 Å². The molecule has 0 fully saturated rings.